The molecule has 0 N–H and O–H groups in total. The number of fused-ring (bicyclic) bond motifs is 5. The van der Waals surface area contributed by atoms with Crippen molar-refractivity contribution in [1.29, 1.82) is 0 Å². The summed E-state index contributed by atoms with van der Waals surface area (Å²) in [6.07, 6.45) is 3.38. The largest absolute Gasteiger partial charge is 0.352 e. The van der Waals surface area contributed by atoms with E-state index in [0.29, 0.717) is 16.8 Å². The Morgan fingerprint density at radius 2 is 1.64 bits per heavy atom. The molecule has 1 aliphatic carbocycles. The fourth-order valence-electron chi connectivity index (χ4n) is 6.28. The Balaban J connectivity index is 1.66. The van der Waals surface area contributed by atoms with Crippen molar-refractivity contribution in [3.63, 3.8) is 0 Å². The first kappa shape index (κ1) is 22.0. The summed E-state index contributed by atoms with van der Waals surface area (Å²) in [5.41, 5.74) is 0.321. The lowest BCUT2D eigenvalue weighted by Gasteiger charge is -2.37. The maximum absolute atomic E-state index is 14.2. The average molecular weight is 482 g/mol. The summed E-state index contributed by atoms with van der Waals surface area (Å²) >= 11 is 0. The van der Waals surface area contributed by atoms with Crippen LogP contribution in [0, 0.1) is 21.3 Å². The minimum atomic E-state index is -1.67. The second-order valence-corrected chi connectivity index (χ2v) is 9.37. The van der Waals surface area contributed by atoms with Gasteiger partial charge in [-0.25, -0.2) is 4.39 Å². The van der Waals surface area contributed by atoms with E-state index in [-0.39, 0.29) is 34.2 Å². The summed E-state index contributed by atoms with van der Waals surface area (Å²) < 4.78 is 14.1. The molecule has 6 rings (SSSR count). The van der Waals surface area contributed by atoms with Crippen molar-refractivity contribution in [2.24, 2.45) is 5.41 Å². The number of ketones is 3. The monoisotopic (exact) mass is 482 g/mol. The van der Waals surface area contributed by atoms with Gasteiger partial charge in [0.15, 0.2) is 17.3 Å². The highest BCUT2D eigenvalue weighted by Crippen LogP contribution is 2.60. The third-order valence-corrected chi connectivity index (χ3v) is 7.65. The standard InChI is InChI=1S/C28H19FN2O5/c1-15(32)25-24(16-6-10-19(11-7-16)31(35)36)28(26(33)20-4-2-3-5-21(20)27(28)34)23-13-8-17-14-18(29)9-12-22(17)30(23)25/h2-14,23-25H,1H3/t23-,24-,25+/m1/s1. The topological polar surface area (TPSA) is 97.6 Å². The average Bonchev–Trinajstić information content (AvgIpc) is 3.30. The minimum Gasteiger partial charge on any atom is -0.352 e. The molecule has 3 aliphatic rings. The molecule has 0 aromatic heterocycles. The summed E-state index contributed by atoms with van der Waals surface area (Å²) in [5.74, 6) is -2.42. The third-order valence-electron chi connectivity index (χ3n) is 7.65. The number of non-ortho nitro benzene ring substituents is 1. The first-order chi connectivity index (χ1) is 17.3. The van der Waals surface area contributed by atoms with E-state index >= 15 is 0 Å². The predicted octanol–water partition coefficient (Wildman–Crippen LogP) is 4.76. The molecule has 0 unspecified atom stereocenters. The molecule has 8 heteroatoms. The van der Waals surface area contributed by atoms with Crippen molar-refractivity contribution < 1.29 is 23.7 Å². The lowest BCUT2D eigenvalue weighted by atomic mass is 9.64. The Morgan fingerprint density at radius 3 is 2.22 bits per heavy atom. The van der Waals surface area contributed by atoms with E-state index in [1.54, 1.807) is 47.4 Å². The van der Waals surface area contributed by atoms with Crippen molar-refractivity contribution in [3.05, 3.63) is 111 Å². The zero-order valence-electron chi connectivity index (χ0n) is 19.1. The van der Waals surface area contributed by atoms with Gasteiger partial charge in [0.05, 0.1) is 17.0 Å². The fourth-order valence-corrected chi connectivity index (χ4v) is 6.28. The van der Waals surface area contributed by atoms with E-state index in [1.807, 2.05) is 0 Å². The van der Waals surface area contributed by atoms with Gasteiger partial charge in [-0.2, -0.15) is 0 Å². The molecule has 1 saturated heterocycles. The van der Waals surface area contributed by atoms with Gasteiger partial charge >= 0.3 is 0 Å². The molecule has 36 heavy (non-hydrogen) atoms. The number of rotatable bonds is 3. The maximum atomic E-state index is 14.2. The molecular weight excluding hydrogens is 463 g/mol. The van der Waals surface area contributed by atoms with Gasteiger partial charge in [-0.3, -0.25) is 24.5 Å². The maximum Gasteiger partial charge on any atom is 0.269 e. The van der Waals surface area contributed by atoms with Crippen LogP contribution in [-0.2, 0) is 4.79 Å². The van der Waals surface area contributed by atoms with Gasteiger partial charge in [-0.1, -0.05) is 48.6 Å². The van der Waals surface area contributed by atoms with Crippen LogP contribution in [0.4, 0.5) is 15.8 Å². The quantitative estimate of drug-likeness (QED) is 0.303. The highest BCUT2D eigenvalue weighted by Gasteiger charge is 2.71. The molecule has 2 aliphatic heterocycles. The van der Waals surface area contributed by atoms with Crippen LogP contribution in [0.25, 0.3) is 6.08 Å². The second-order valence-electron chi connectivity index (χ2n) is 9.37. The van der Waals surface area contributed by atoms with Gasteiger partial charge in [0.2, 0.25) is 0 Å². The summed E-state index contributed by atoms with van der Waals surface area (Å²) in [5, 5.41) is 11.3. The Kier molecular flexibility index (Phi) is 4.60. The Morgan fingerprint density at radius 1 is 1.00 bits per heavy atom. The SMILES string of the molecule is CC(=O)[C@H]1[C@@H](c2ccc([N+](=O)[O-])cc2)C2(C(=O)c3ccccc3C2=O)[C@H]2C=Cc3cc(F)ccc3N12. The summed E-state index contributed by atoms with van der Waals surface area (Å²) in [4.78, 5) is 54.2. The van der Waals surface area contributed by atoms with Gasteiger partial charge in [0.1, 0.15) is 11.2 Å². The van der Waals surface area contributed by atoms with Crippen LogP contribution in [-0.4, -0.2) is 34.4 Å². The van der Waals surface area contributed by atoms with Crippen LogP contribution in [0.5, 0.6) is 0 Å². The van der Waals surface area contributed by atoms with E-state index in [2.05, 4.69) is 0 Å². The van der Waals surface area contributed by atoms with E-state index in [4.69, 9.17) is 0 Å². The molecule has 1 fully saturated rings. The summed E-state index contributed by atoms with van der Waals surface area (Å²) in [6.45, 7) is 1.40. The highest BCUT2D eigenvalue weighted by atomic mass is 19.1. The molecule has 0 radical (unpaired) electrons. The summed E-state index contributed by atoms with van der Waals surface area (Å²) in [7, 11) is 0. The van der Waals surface area contributed by atoms with Crippen LogP contribution < -0.4 is 4.90 Å². The molecule has 3 aromatic rings. The van der Waals surface area contributed by atoms with Crippen LogP contribution in [0.1, 0.15) is 44.7 Å². The van der Waals surface area contributed by atoms with E-state index in [1.165, 1.54) is 43.3 Å². The van der Waals surface area contributed by atoms with Crippen LogP contribution >= 0.6 is 0 Å². The van der Waals surface area contributed by atoms with Gasteiger partial charge < -0.3 is 4.90 Å². The number of nitro groups is 1. The van der Waals surface area contributed by atoms with Gasteiger partial charge in [-0.05, 0) is 30.7 Å². The van der Waals surface area contributed by atoms with E-state index in [9.17, 15) is 28.9 Å². The van der Waals surface area contributed by atoms with Crippen molar-refractivity contribution >= 4 is 34.8 Å². The third kappa shape index (κ3) is 2.69. The van der Waals surface area contributed by atoms with Gasteiger partial charge in [0.25, 0.3) is 5.69 Å². The van der Waals surface area contributed by atoms with Crippen LogP contribution in [0.2, 0.25) is 0 Å². The van der Waals surface area contributed by atoms with Crippen LogP contribution in [0.15, 0.2) is 72.8 Å². The lowest BCUT2D eigenvalue weighted by molar-refractivity contribution is -0.384. The van der Waals surface area contributed by atoms with Gasteiger partial charge in [-0.15, -0.1) is 0 Å². The number of anilines is 1. The number of hydrogen-bond acceptors (Lipinski definition) is 6. The first-order valence-electron chi connectivity index (χ1n) is 11.5. The van der Waals surface area contributed by atoms with Crippen molar-refractivity contribution in [2.75, 3.05) is 4.90 Å². The molecular formula is C28H19FN2O5. The Hall–Kier alpha value is -4.46. The highest BCUT2D eigenvalue weighted by molar-refractivity contribution is 6.32. The number of nitro benzene ring substituents is 1. The van der Waals surface area contributed by atoms with Gasteiger partial charge in [0, 0.05) is 40.4 Å². The Labute approximate surface area is 205 Å². The normalized spacial score (nSPS) is 22.9. The first-order valence-corrected chi connectivity index (χ1v) is 11.5. The number of hydrogen-bond donors (Lipinski definition) is 0. The number of carbonyl (C=O) groups is 3. The number of halogens is 1. The minimum absolute atomic E-state index is 0.143. The molecule has 178 valence electrons. The molecule has 3 atom stereocenters. The van der Waals surface area contributed by atoms with Crippen molar-refractivity contribution in [1.82, 2.24) is 0 Å². The lowest BCUT2D eigenvalue weighted by Crippen LogP contribution is -2.48. The molecule has 3 aromatic carbocycles. The second kappa shape index (κ2) is 7.52. The Bertz CT molecular complexity index is 1490. The molecule has 2 heterocycles. The predicted molar refractivity (Wildman–Crippen MR) is 130 cm³/mol. The van der Waals surface area contributed by atoms with Crippen LogP contribution in [0.3, 0.4) is 0 Å². The number of benzene rings is 3. The molecule has 1 spiro atoms. The zero-order chi connectivity index (χ0) is 25.4. The smallest absolute Gasteiger partial charge is 0.269 e. The molecule has 0 bridgehead atoms. The zero-order valence-corrected chi connectivity index (χ0v) is 19.1. The molecule has 0 amide bonds. The molecule has 7 nitrogen and oxygen atoms in total. The van der Waals surface area contributed by atoms with Crippen molar-refractivity contribution in [2.45, 2.75) is 24.9 Å². The molecule has 0 saturated carbocycles. The number of nitrogens with zero attached hydrogens (tertiary/aromatic N) is 2. The summed E-state index contributed by atoms with van der Waals surface area (Å²) in [6, 6.07) is 14.7. The number of Topliss-reactive ketones (excluding diaryl/α,β-unsaturated/α-hetero) is 3. The number of carbonyl (C=O) groups excluding carboxylic acids is 3. The van der Waals surface area contributed by atoms with E-state index in [0.717, 1.165) is 0 Å². The van der Waals surface area contributed by atoms with Crippen molar-refractivity contribution in [3.8, 4) is 0 Å². The van der Waals surface area contributed by atoms with E-state index < -0.39 is 34.2 Å². The fraction of sp³-hybridized carbons (Fsp3) is 0.179.